The second-order valence-corrected chi connectivity index (χ2v) is 6.36. The first-order valence-corrected chi connectivity index (χ1v) is 7.66. The third kappa shape index (κ3) is 4.88. The Kier molecular flexibility index (Phi) is 5.08. The number of hydrogen-bond acceptors (Lipinski definition) is 3. The van der Waals surface area contributed by atoms with Gasteiger partial charge in [0.2, 0.25) is 0 Å². The molecule has 0 N–H and O–H groups in total. The van der Waals surface area contributed by atoms with Crippen LogP contribution in [0.5, 0.6) is 0 Å². The van der Waals surface area contributed by atoms with E-state index in [4.69, 9.17) is 0 Å². The highest BCUT2D eigenvalue weighted by Crippen LogP contribution is 2.31. The quantitative estimate of drug-likeness (QED) is 0.619. The lowest BCUT2D eigenvalue weighted by molar-refractivity contribution is -0.137. The second-order valence-electron chi connectivity index (χ2n) is 5.19. The van der Waals surface area contributed by atoms with Crippen molar-refractivity contribution in [3.05, 3.63) is 29.8 Å². The minimum Gasteiger partial charge on any atom is -0.299 e. The second kappa shape index (κ2) is 6.64. The first-order valence-electron chi connectivity index (χ1n) is 6.68. The van der Waals surface area contributed by atoms with Gasteiger partial charge in [0, 0.05) is 17.7 Å². The van der Waals surface area contributed by atoms with Crippen LogP contribution < -0.4 is 0 Å². The lowest BCUT2D eigenvalue weighted by Gasteiger charge is -2.19. The number of carbonyl (C=O) groups is 2. The zero-order valence-electron chi connectivity index (χ0n) is 11.3. The van der Waals surface area contributed by atoms with Gasteiger partial charge in [0.1, 0.15) is 11.6 Å². The highest BCUT2D eigenvalue weighted by molar-refractivity contribution is 7.99. The molecular weight excluding hydrogens is 301 g/mol. The lowest BCUT2D eigenvalue weighted by atomic mass is 9.86. The molecule has 2 nitrogen and oxygen atoms in total. The third-order valence-electron chi connectivity index (χ3n) is 3.40. The molecule has 6 heteroatoms. The van der Waals surface area contributed by atoms with E-state index in [1.165, 1.54) is 23.9 Å². The summed E-state index contributed by atoms with van der Waals surface area (Å²) in [4.78, 5) is 23.4. The van der Waals surface area contributed by atoms with Crippen molar-refractivity contribution in [2.75, 3.05) is 5.75 Å². The Hall–Kier alpha value is -1.30. The molecule has 0 amide bonds. The number of rotatable bonds is 4. The third-order valence-corrected chi connectivity index (χ3v) is 4.45. The van der Waals surface area contributed by atoms with E-state index in [1.54, 1.807) is 0 Å². The Bertz CT molecular complexity index is 507. The van der Waals surface area contributed by atoms with Crippen LogP contribution in [-0.4, -0.2) is 17.3 Å². The number of hydrogen-bond donors (Lipinski definition) is 0. The molecule has 0 unspecified atom stereocenters. The van der Waals surface area contributed by atoms with Gasteiger partial charge in [-0.1, -0.05) is 0 Å². The molecule has 1 aromatic carbocycles. The largest absolute Gasteiger partial charge is 0.416 e. The smallest absolute Gasteiger partial charge is 0.299 e. The predicted octanol–water partition coefficient (Wildman–Crippen LogP) is 4.13. The molecular formula is C15H15F3O2S. The molecule has 0 bridgehead atoms. The van der Waals surface area contributed by atoms with Crippen LogP contribution in [0.2, 0.25) is 0 Å². The lowest BCUT2D eigenvalue weighted by Crippen LogP contribution is -2.22. The van der Waals surface area contributed by atoms with Gasteiger partial charge in [-0.05, 0) is 42.4 Å². The van der Waals surface area contributed by atoms with Gasteiger partial charge in [0.25, 0.3) is 0 Å². The monoisotopic (exact) mass is 316 g/mol. The maximum atomic E-state index is 12.4. The van der Waals surface area contributed by atoms with Crippen molar-refractivity contribution in [2.24, 2.45) is 5.92 Å². The van der Waals surface area contributed by atoms with Crippen LogP contribution in [0.1, 0.15) is 31.2 Å². The minimum absolute atomic E-state index is 0.00391. The molecule has 0 aromatic heterocycles. The maximum absolute atomic E-state index is 12.4. The first kappa shape index (κ1) is 16.1. The number of alkyl halides is 3. The van der Waals surface area contributed by atoms with Gasteiger partial charge >= 0.3 is 6.18 Å². The van der Waals surface area contributed by atoms with Gasteiger partial charge in [0.05, 0.1) is 12.0 Å². The van der Waals surface area contributed by atoms with Crippen LogP contribution in [0.4, 0.5) is 13.2 Å². The zero-order chi connectivity index (χ0) is 15.5. The maximum Gasteiger partial charge on any atom is 0.416 e. The van der Waals surface area contributed by atoms with E-state index in [1.807, 2.05) is 0 Å². The Morgan fingerprint density at radius 3 is 2.14 bits per heavy atom. The summed E-state index contributed by atoms with van der Waals surface area (Å²) in [5.41, 5.74) is -0.657. The first-order chi connectivity index (χ1) is 9.84. The van der Waals surface area contributed by atoms with Crippen LogP contribution in [0.3, 0.4) is 0 Å². The number of carbonyl (C=O) groups excluding carboxylic acids is 2. The van der Waals surface area contributed by atoms with Crippen LogP contribution in [0.25, 0.3) is 0 Å². The van der Waals surface area contributed by atoms with Crippen LogP contribution >= 0.6 is 11.8 Å². The molecule has 0 atom stereocenters. The van der Waals surface area contributed by atoms with E-state index in [0.717, 1.165) is 23.4 Å². The van der Waals surface area contributed by atoms with E-state index in [-0.39, 0.29) is 23.9 Å². The van der Waals surface area contributed by atoms with Crippen molar-refractivity contribution >= 4 is 23.3 Å². The van der Waals surface area contributed by atoms with E-state index >= 15 is 0 Å². The average Bonchev–Trinajstić information content (AvgIpc) is 2.37. The molecule has 114 valence electrons. The zero-order valence-corrected chi connectivity index (χ0v) is 12.1. The fourth-order valence-corrected chi connectivity index (χ4v) is 3.38. The van der Waals surface area contributed by atoms with Gasteiger partial charge in [-0.2, -0.15) is 13.2 Å². The minimum atomic E-state index is -4.31. The SMILES string of the molecule is O=C1CC(=O)CC(CCSc2ccc(C(F)(F)F)cc2)C1. The van der Waals surface area contributed by atoms with E-state index in [9.17, 15) is 22.8 Å². The number of halogens is 3. The Morgan fingerprint density at radius 1 is 1.05 bits per heavy atom. The molecule has 2 rings (SSSR count). The number of thioether (sulfide) groups is 1. The fraction of sp³-hybridized carbons (Fsp3) is 0.467. The molecule has 21 heavy (non-hydrogen) atoms. The standard InChI is InChI=1S/C15H15F3O2S/c16-15(17,18)11-1-3-14(4-2-11)21-6-5-10-7-12(19)9-13(20)8-10/h1-4,10H,5-9H2. The van der Waals surface area contributed by atoms with Gasteiger partial charge in [-0.25, -0.2) is 0 Å². The van der Waals surface area contributed by atoms with Crippen LogP contribution in [-0.2, 0) is 15.8 Å². The number of ketones is 2. The van der Waals surface area contributed by atoms with Gasteiger partial charge in [0.15, 0.2) is 0 Å². The van der Waals surface area contributed by atoms with Gasteiger partial charge in [-0.15, -0.1) is 11.8 Å². The molecule has 0 radical (unpaired) electrons. The van der Waals surface area contributed by atoms with Crippen molar-refractivity contribution in [2.45, 2.75) is 36.8 Å². The predicted molar refractivity (Wildman–Crippen MR) is 74.1 cm³/mol. The summed E-state index contributed by atoms with van der Waals surface area (Å²) in [6.07, 6.45) is -2.64. The molecule has 0 aliphatic heterocycles. The summed E-state index contributed by atoms with van der Waals surface area (Å²) in [5.74, 6) is 0.767. The summed E-state index contributed by atoms with van der Waals surface area (Å²) in [6.45, 7) is 0. The molecule has 0 saturated heterocycles. The molecule has 1 aromatic rings. The average molecular weight is 316 g/mol. The van der Waals surface area contributed by atoms with Crippen molar-refractivity contribution in [3.8, 4) is 0 Å². The summed E-state index contributed by atoms with van der Waals surface area (Å²) >= 11 is 1.45. The van der Waals surface area contributed by atoms with Crippen molar-refractivity contribution in [3.63, 3.8) is 0 Å². The number of benzene rings is 1. The molecule has 1 fully saturated rings. The summed E-state index contributed by atoms with van der Waals surface area (Å²) in [6, 6.07) is 5.03. The molecule has 1 aliphatic carbocycles. The normalized spacial score (nSPS) is 17.3. The summed E-state index contributed by atoms with van der Waals surface area (Å²) in [7, 11) is 0. The number of Topliss-reactive ketones (excluding diaryl/α,β-unsaturated/α-hetero) is 2. The van der Waals surface area contributed by atoms with Gasteiger partial charge < -0.3 is 0 Å². The summed E-state index contributed by atoms with van der Waals surface area (Å²) < 4.78 is 37.3. The Labute approximate surface area is 125 Å². The molecule has 1 aliphatic rings. The van der Waals surface area contributed by atoms with Crippen LogP contribution in [0, 0.1) is 5.92 Å². The highest BCUT2D eigenvalue weighted by Gasteiger charge is 2.30. The van der Waals surface area contributed by atoms with E-state index in [0.29, 0.717) is 18.6 Å². The van der Waals surface area contributed by atoms with Crippen molar-refractivity contribution in [1.29, 1.82) is 0 Å². The molecule has 1 saturated carbocycles. The van der Waals surface area contributed by atoms with E-state index in [2.05, 4.69) is 0 Å². The topological polar surface area (TPSA) is 34.1 Å². The molecule has 0 spiro atoms. The Balaban J connectivity index is 1.81. The molecule has 0 heterocycles. The van der Waals surface area contributed by atoms with Crippen molar-refractivity contribution in [1.82, 2.24) is 0 Å². The highest BCUT2D eigenvalue weighted by atomic mass is 32.2. The van der Waals surface area contributed by atoms with E-state index < -0.39 is 11.7 Å². The Morgan fingerprint density at radius 2 is 1.62 bits per heavy atom. The summed E-state index contributed by atoms with van der Waals surface area (Å²) in [5, 5.41) is 0. The fourth-order valence-electron chi connectivity index (χ4n) is 2.37. The van der Waals surface area contributed by atoms with Crippen molar-refractivity contribution < 1.29 is 22.8 Å². The van der Waals surface area contributed by atoms with Gasteiger partial charge in [-0.3, -0.25) is 9.59 Å². The van der Waals surface area contributed by atoms with Crippen LogP contribution in [0.15, 0.2) is 29.2 Å².